The smallest absolute Gasteiger partial charge is 0.252 e. The molecule has 2 aliphatic rings. The minimum absolute atomic E-state index is 0.0778. The van der Waals surface area contributed by atoms with Crippen LogP contribution in [0.3, 0.4) is 0 Å². The summed E-state index contributed by atoms with van der Waals surface area (Å²) in [6.45, 7) is -0.0778. The fourth-order valence-electron chi connectivity index (χ4n) is 10.1. The van der Waals surface area contributed by atoms with Gasteiger partial charge in [-0.1, -0.05) is 42.5 Å². The standard InChI is InChI=1S/C47H26BN9/c1-3-11-28(12-4-1)54-44-30(15-9-21-52-44)37-40-42-32(18-23-50-40)48-33-19-24-51-41-38-31-16-10-22-53-45(31)55(29-13-5-2-6-14-29)47(38)57(43(33)41)36-26-27(34-17-7-8-20-49-34)25-35(39(36)48)56(42)46(37)54/h1-26H. The van der Waals surface area contributed by atoms with Crippen molar-refractivity contribution >= 4 is 89.3 Å². The Hall–Kier alpha value is -7.85. The number of nitrogens with zero attached hydrogens (tertiary/aromatic N) is 9. The summed E-state index contributed by atoms with van der Waals surface area (Å²) in [6, 6.07) is 44.8. The first-order chi connectivity index (χ1) is 28.3. The summed E-state index contributed by atoms with van der Waals surface area (Å²) >= 11 is 0. The molecular weight excluding hydrogens is 701 g/mol. The normalized spacial score (nSPS) is 12.9. The van der Waals surface area contributed by atoms with Gasteiger partial charge in [-0.2, -0.15) is 0 Å². The molecule has 9 nitrogen and oxygen atoms in total. The molecule has 2 aliphatic heterocycles. The van der Waals surface area contributed by atoms with Crippen LogP contribution in [0.2, 0.25) is 0 Å². The predicted octanol–water partition coefficient (Wildman–Crippen LogP) is 7.55. The van der Waals surface area contributed by atoms with E-state index in [1.165, 1.54) is 16.4 Å². The molecule has 14 rings (SSSR count). The summed E-state index contributed by atoms with van der Waals surface area (Å²) in [5.74, 6) is 0. The monoisotopic (exact) mass is 727 g/mol. The molecule has 0 bridgehead atoms. The zero-order valence-corrected chi connectivity index (χ0v) is 30.1. The number of pyridine rings is 5. The van der Waals surface area contributed by atoms with E-state index >= 15 is 0 Å². The maximum atomic E-state index is 5.19. The third-order valence-electron chi connectivity index (χ3n) is 12.2. The van der Waals surface area contributed by atoms with Gasteiger partial charge in [0, 0.05) is 70.1 Å². The lowest BCUT2D eigenvalue weighted by Crippen LogP contribution is -2.59. The van der Waals surface area contributed by atoms with E-state index in [0.29, 0.717) is 0 Å². The van der Waals surface area contributed by atoms with E-state index < -0.39 is 0 Å². The molecule has 0 atom stereocenters. The molecule has 11 heterocycles. The van der Waals surface area contributed by atoms with Crippen LogP contribution in [0.25, 0.3) is 100 Å². The van der Waals surface area contributed by atoms with E-state index in [-0.39, 0.29) is 6.71 Å². The Kier molecular flexibility index (Phi) is 5.42. The number of hydrogen-bond acceptors (Lipinski definition) is 5. The predicted molar refractivity (Wildman–Crippen MR) is 228 cm³/mol. The summed E-state index contributed by atoms with van der Waals surface area (Å²) in [4.78, 5) is 25.3. The molecule has 10 heteroatoms. The second-order valence-corrected chi connectivity index (χ2v) is 14.9. The molecule has 9 aromatic heterocycles. The number of para-hydroxylation sites is 2. The summed E-state index contributed by atoms with van der Waals surface area (Å²) < 4.78 is 9.54. The average Bonchev–Trinajstić information content (AvgIpc) is 4.00. The highest BCUT2D eigenvalue weighted by atomic mass is 15.2. The van der Waals surface area contributed by atoms with Gasteiger partial charge in [-0.25, -0.2) is 9.97 Å². The van der Waals surface area contributed by atoms with Crippen LogP contribution in [-0.2, 0) is 0 Å². The fraction of sp³-hybridized carbons (Fsp3) is 0. The van der Waals surface area contributed by atoms with Crippen LogP contribution in [-0.4, -0.2) is 49.9 Å². The SMILES string of the molecule is c1ccc(-n2c3ncccc3c3c4nccc5c4n(c32)-c2cc(-c3ccccn3)cc3c2B5c2ccnc4c5c6cccnc6n(-c6ccccc6)c5n-3c24)cc1. The third kappa shape index (κ3) is 3.54. The minimum atomic E-state index is -0.0778. The lowest BCUT2D eigenvalue weighted by atomic mass is 9.34. The van der Waals surface area contributed by atoms with E-state index in [0.717, 1.165) is 100 Å². The number of aromatic nitrogens is 9. The Bertz CT molecular complexity index is 3470. The summed E-state index contributed by atoms with van der Waals surface area (Å²) in [5, 5.41) is 4.32. The van der Waals surface area contributed by atoms with E-state index in [9.17, 15) is 0 Å². The highest BCUT2D eigenvalue weighted by Gasteiger charge is 2.43. The molecule has 0 saturated heterocycles. The van der Waals surface area contributed by atoms with Crippen molar-refractivity contribution in [3.8, 4) is 34.0 Å². The topological polar surface area (TPSA) is 84.2 Å². The molecule has 0 unspecified atom stereocenters. The van der Waals surface area contributed by atoms with Gasteiger partial charge >= 0.3 is 0 Å². The molecule has 0 fully saturated rings. The van der Waals surface area contributed by atoms with Gasteiger partial charge in [0.2, 0.25) is 0 Å². The minimum Gasteiger partial charge on any atom is -0.294 e. The van der Waals surface area contributed by atoms with Gasteiger partial charge in [0.25, 0.3) is 6.71 Å². The maximum absolute atomic E-state index is 5.19. The molecule has 0 N–H and O–H groups in total. The van der Waals surface area contributed by atoms with Gasteiger partial charge < -0.3 is 0 Å². The number of hydrogen-bond donors (Lipinski definition) is 0. The van der Waals surface area contributed by atoms with Crippen LogP contribution in [0.1, 0.15) is 0 Å². The van der Waals surface area contributed by atoms with E-state index in [1.807, 2.05) is 49.2 Å². The van der Waals surface area contributed by atoms with Crippen molar-refractivity contribution in [2.45, 2.75) is 0 Å². The summed E-state index contributed by atoms with van der Waals surface area (Å²) in [6.07, 6.45) is 9.61. The van der Waals surface area contributed by atoms with Crippen molar-refractivity contribution < 1.29 is 0 Å². The number of benzene rings is 3. The highest BCUT2D eigenvalue weighted by Crippen LogP contribution is 2.44. The average molecular weight is 728 g/mol. The zero-order chi connectivity index (χ0) is 36.9. The zero-order valence-electron chi connectivity index (χ0n) is 30.1. The maximum Gasteiger partial charge on any atom is 0.252 e. The molecule has 3 aromatic carbocycles. The fourth-order valence-corrected chi connectivity index (χ4v) is 10.1. The van der Waals surface area contributed by atoms with Crippen molar-refractivity contribution in [1.29, 1.82) is 0 Å². The first-order valence-electron chi connectivity index (χ1n) is 19.1. The quantitative estimate of drug-likeness (QED) is 0.176. The number of rotatable bonds is 3. The van der Waals surface area contributed by atoms with Crippen LogP contribution in [0.5, 0.6) is 0 Å². The van der Waals surface area contributed by atoms with Crippen LogP contribution in [0.4, 0.5) is 0 Å². The lowest BCUT2D eigenvalue weighted by Gasteiger charge is -2.34. The molecule has 0 radical (unpaired) electrons. The molecule has 12 aromatic rings. The summed E-state index contributed by atoms with van der Waals surface area (Å²) in [7, 11) is 0. The van der Waals surface area contributed by atoms with Gasteiger partial charge in [0.05, 0.1) is 38.5 Å². The van der Waals surface area contributed by atoms with E-state index in [4.69, 9.17) is 24.9 Å². The molecule has 0 saturated carbocycles. The molecule has 0 amide bonds. The van der Waals surface area contributed by atoms with Gasteiger partial charge in [-0.3, -0.25) is 33.2 Å². The first kappa shape index (κ1) is 29.5. The molecular formula is C47H26BN9. The largest absolute Gasteiger partial charge is 0.294 e. The van der Waals surface area contributed by atoms with E-state index in [2.05, 4.69) is 127 Å². The Morgan fingerprint density at radius 2 is 0.930 bits per heavy atom. The molecule has 0 aliphatic carbocycles. The highest BCUT2D eigenvalue weighted by molar-refractivity contribution is 7.00. The molecule has 262 valence electrons. The van der Waals surface area contributed by atoms with Crippen molar-refractivity contribution in [2.24, 2.45) is 0 Å². The van der Waals surface area contributed by atoms with Crippen LogP contribution < -0.4 is 16.4 Å². The Morgan fingerprint density at radius 1 is 0.421 bits per heavy atom. The van der Waals surface area contributed by atoms with Gasteiger partial charge in [-0.15, -0.1) is 0 Å². The first-order valence-corrected chi connectivity index (χ1v) is 19.1. The summed E-state index contributed by atoms with van der Waals surface area (Å²) in [5.41, 5.74) is 17.9. The van der Waals surface area contributed by atoms with Crippen molar-refractivity contribution in [3.05, 3.63) is 158 Å². The van der Waals surface area contributed by atoms with Crippen LogP contribution >= 0.6 is 0 Å². The molecule has 57 heavy (non-hydrogen) atoms. The van der Waals surface area contributed by atoms with Crippen molar-refractivity contribution in [3.63, 3.8) is 0 Å². The third-order valence-corrected chi connectivity index (χ3v) is 12.2. The Labute approximate surface area is 323 Å². The number of fused-ring (bicyclic) bond motifs is 14. The van der Waals surface area contributed by atoms with Gasteiger partial charge in [-0.05, 0) is 101 Å². The Morgan fingerprint density at radius 3 is 1.44 bits per heavy atom. The van der Waals surface area contributed by atoms with E-state index in [1.54, 1.807) is 0 Å². The second-order valence-electron chi connectivity index (χ2n) is 14.9. The lowest BCUT2D eigenvalue weighted by molar-refractivity contribution is 1.03. The van der Waals surface area contributed by atoms with Crippen LogP contribution in [0, 0.1) is 0 Å². The van der Waals surface area contributed by atoms with Gasteiger partial charge in [0.15, 0.2) is 0 Å². The van der Waals surface area contributed by atoms with Crippen molar-refractivity contribution in [1.82, 2.24) is 43.2 Å². The van der Waals surface area contributed by atoms with Crippen molar-refractivity contribution in [2.75, 3.05) is 0 Å². The second kappa shape index (κ2) is 10.5. The Balaban J connectivity index is 1.24. The van der Waals surface area contributed by atoms with Crippen LogP contribution in [0.15, 0.2) is 158 Å². The van der Waals surface area contributed by atoms with Gasteiger partial charge in [0.1, 0.15) is 22.6 Å². The molecule has 0 spiro atoms.